The Morgan fingerprint density at radius 1 is 1.07 bits per heavy atom. The predicted octanol–water partition coefficient (Wildman–Crippen LogP) is 3.59. The lowest BCUT2D eigenvalue weighted by molar-refractivity contribution is 0.475. The Labute approximate surface area is 96.9 Å². The van der Waals surface area contributed by atoms with E-state index in [0.29, 0.717) is 5.02 Å². The van der Waals surface area contributed by atoms with Gasteiger partial charge in [0.05, 0.1) is 5.02 Å². The number of benzene rings is 1. The number of aromatic nitrogens is 1. The van der Waals surface area contributed by atoms with Crippen molar-refractivity contribution >= 4 is 23.4 Å². The molecule has 0 saturated carbocycles. The second-order valence-corrected chi connectivity index (χ2v) is 4.44. The first-order valence-electron chi connectivity index (χ1n) is 4.32. The molecule has 0 saturated heterocycles. The van der Waals surface area contributed by atoms with Crippen LogP contribution in [-0.2, 0) is 0 Å². The Morgan fingerprint density at radius 2 is 1.80 bits per heavy atom. The molecule has 15 heavy (non-hydrogen) atoms. The van der Waals surface area contributed by atoms with Gasteiger partial charge in [0.25, 0.3) is 0 Å². The quantitative estimate of drug-likeness (QED) is 0.867. The summed E-state index contributed by atoms with van der Waals surface area (Å²) in [7, 11) is 0. The van der Waals surface area contributed by atoms with Crippen LogP contribution in [0.5, 0.6) is 5.75 Å². The van der Waals surface area contributed by atoms with Crippen LogP contribution < -0.4 is 0 Å². The van der Waals surface area contributed by atoms with E-state index in [-0.39, 0.29) is 5.75 Å². The number of phenolic OH excluding ortho intramolecular Hbond substituents is 1. The molecule has 0 atom stereocenters. The summed E-state index contributed by atoms with van der Waals surface area (Å²) >= 11 is 7.25. The van der Waals surface area contributed by atoms with Crippen LogP contribution in [0.1, 0.15) is 0 Å². The molecule has 4 heteroatoms. The molecule has 2 rings (SSSR count). The molecular formula is C11H8ClNOS. The number of phenols is 1. The van der Waals surface area contributed by atoms with Crippen molar-refractivity contribution in [2.45, 2.75) is 9.92 Å². The second-order valence-electron chi connectivity index (χ2n) is 2.91. The third kappa shape index (κ3) is 2.88. The molecule has 0 aliphatic heterocycles. The zero-order valence-corrected chi connectivity index (χ0v) is 9.29. The van der Waals surface area contributed by atoms with E-state index < -0.39 is 0 Å². The summed E-state index contributed by atoms with van der Waals surface area (Å²) in [5.41, 5.74) is 0. The van der Waals surface area contributed by atoms with Crippen molar-refractivity contribution in [2.24, 2.45) is 0 Å². The molecule has 0 spiro atoms. The maximum atomic E-state index is 9.12. The highest BCUT2D eigenvalue weighted by molar-refractivity contribution is 7.99. The first kappa shape index (κ1) is 10.3. The summed E-state index contributed by atoms with van der Waals surface area (Å²) in [4.78, 5) is 5.19. The third-order valence-electron chi connectivity index (χ3n) is 1.76. The molecule has 1 heterocycles. The van der Waals surface area contributed by atoms with Crippen LogP contribution in [0, 0.1) is 0 Å². The second kappa shape index (κ2) is 4.55. The van der Waals surface area contributed by atoms with Crippen molar-refractivity contribution in [1.29, 1.82) is 0 Å². The van der Waals surface area contributed by atoms with Crippen LogP contribution in [0.25, 0.3) is 0 Å². The minimum atomic E-state index is 0.267. The minimum Gasteiger partial charge on any atom is -0.508 e. The van der Waals surface area contributed by atoms with Crippen LogP contribution in [-0.4, -0.2) is 10.1 Å². The Morgan fingerprint density at radius 3 is 2.40 bits per heavy atom. The summed E-state index contributed by atoms with van der Waals surface area (Å²) in [5, 5.41) is 10.6. The average molecular weight is 238 g/mol. The Hall–Kier alpha value is -1.19. The highest BCUT2D eigenvalue weighted by Crippen LogP contribution is 2.27. The van der Waals surface area contributed by atoms with Gasteiger partial charge in [0.2, 0.25) is 0 Å². The first-order valence-corrected chi connectivity index (χ1v) is 5.52. The molecule has 0 bridgehead atoms. The van der Waals surface area contributed by atoms with Gasteiger partial charge in [-0.2, -0.15) is 0 Å². The number of pyridine rings is 1. The van der Waals surface area contributed by atoms with Gasteiger partial charge >= 0.3 is 0 Å². The number of rotatable bonds is 2. The molecule has 0 amide bonds. The number of nitrogens with zero attached hydrogens (tertiary/aromatic N) is 1. The van der Waals surface area contributed by atoms with E-state index in [1.54, 1.807) is 24.4 Å². The van der Waals surface area contributed by atoms with Crippen LogP contribution in [0.3, 0.4) is 0 Å². The van der Waals surface area contributed by atoms with Crippen LogP contribution in [0.4, 0.5) is 0 Å². The molecule has 0 fully saturated rings. The van der Waals surface area contributed by atoms with Gasteiger partial charge in [-0.1, -0.05) is 23.4 Å². The first-order chi connectivity index (χ1) is 7.24. The highest BCUT2D eigenvalue weighted by atomic mass is 35.5. The van der Waals surface area contributed by atoms with Gasteiger partial charge in [0.15, 0.2) is 0 Å². The highest BCUT2D eigenvalue weighted by Gasteiger charge is 1.98. The van der Waals surface area contributed by atoms with E-state index in [9.17, 15) is 0 Å². The van der Waals surface area contributed by atoms with Crippen molar-refractivity contribution in [3.05, 3.63) is 47.6 Å². The molecule has 1 aromatic carbocycles. The predicted molar refractivity (Wildman–Crippen MR) is 61.5 cm³/mol. The van der Waals surface area contributed by atoms with Gasteiger partial charge < -0.3 is 5.11 Å². The average Bonchev–Trinajstić information content (AvgIpc) is 2.25. The van der Waals surface area contributed by atoms with E-state index >= 15 is 0 Å². The lowest BCUT2D eigenvalue weighted by atomic mass is 10.3. The molecule has 1 N–H and O–H groups in total. The maximum Gasteiger partial charge on any atom is 0.115 e. The van der Waals surface area contributed by atoms with Gasteiger partial charge in [-0.25, -0.2) is 4.98 Å². The lowest BCUT2D eigenvalue weighted by Gasteiger charge is -2.00. The Balaban J connectivity index is 2.15. The number of halogens is 1. The summed E-state index contributed by atoms with van der Waals surface area (Å²) in [6.07, 6.45) is 1.62. The van der Waals surface area contributed by atoms with Gasteiger partial charge in [0.1, 0.15) is 10.8 Å². The summed E-state index contributed by atoms with van der Waals surface area (Å²) in [6, 6.07) is 10.7. The van der Waals surface area contributed by atoms with Crippen LogP contribution in [0.2, 0.25) is 5.02 Å². The number of hydrogen-bond donors (Lipinski definition) is 1. The van der Waals surface area contributed by atoms with E-state index in [0.717, 1.165) is 9.92 Å². The fourth-order valence-corrected chi connectivity index (χ4v) is 1.92. The van der Waals surface area contributed by atoms with Crippen molar-refractivity contribution in [2.75, 3.05) is 0 Å². The molecule has 2 nitrogen and oxygen atoms in total. The fraction of sp³-hybridized carbons (Fsp3) is 0. The summed E-state index contributed by atoms with van der Waals surface area (Å²) in [6.45, 7) is 0. The van der Waals surface area contributed by atoms with E-state index in [1.165, 1.54) is 11.8 Å². The molecular weight excluding hydrogens is 230 g/mol. The zero-order chi connectivity index (χ0) is 10.7. The SMILES string of the molecule is Oc1ccc(Sc2ccc(Cl)cn2)cc1. The van der Waals surface area contributed by atoms with Gasteiger partial charge in [-0.05, 0) is 36.4 Å². The monoisotopic (exact) mass is 237 g/mol. The molecule has 76 valence electrons. The number of hydrogen-bond acceptors (Lipinski definition) is 3. The van der Waals surface area contributed by atoms with Crippen molar-refractivity contribution in [3.63, 3.8) is 0 Å². The molecule has 2 aromatic rings. The summed E-state index contributed by atoms with van der Waals surface area (Å²) < 4.78 is 0. The van der Waals surface area contributed by atoms with Gasteiger partial charge in [-0.3, -0.25) is 0 Å². The standard InChI is InChI=1S/C11H8ClNOS/c12-8-1-6-11(13-7-8)15-10-4-2-9(14)3-5-10/h1-7,14H. The van der Waals surface area contributed by atoms with Crippen molar-refractivity contribution in [3.8, 4) is 5.75 Å². The van der Waals surface area contributed by atoms with Crippen molar-refractivity contribution < 1.29 is 5.11 Å². The van der Waals surface area contributed by atoms with Crippen molar-refractivity contribution in [1.82, 2.24) is 4.98 Å². The van der Waals surface area contributed by atoms with Gasteiger partial charge in [0, 0.05) is 11.1 Å². The molecule has 0 radical (unpaired) electrons. The van der Waals surface area contributed by atoms with Gasteiger partial charge in [-0.15, -0.1) is 0 Å². The van der Waals surface area contributed by atoms with E-state index in [2.05, 4.69) is 4.98 Å². The molecule has 0 aliphatic carbocycles. The lowest BCUT2D eigenvalue weighted by Crippen LogP contribution is -1.78. The zero-order valence-electron chi connectivity index (χ0n) is 7.72. The van der Waals surface area contributed by atoms with E-state index in [1.807, 2.05) is 18.2 Å². The molecule has 1 aromatic heterocycles. The Bertz CT molecular complexity index is 398. The third-order valence-corrected chi connectivity index (χ3v) is 2.94. The molecule has 0 unspecified atom stereocenters. The number of aromatic hydroxyl groups is 1. The maximum absolute atomic E-state index is 9.12. The topological polar surface area (TPSA) is 33.1 Å². The van der Waals surface area contributed by atoms with Crippen LogP contribution >= 0.6 is 23.4 Å². The summed E-state index contributed by atoms with van der Waals surface area (Å²) in [5.74, 6) is 0.267. The minimum absolute atomic E-state index is 0.267. The fourth-order valence-electron chi connectivity index (χ4n) is 1.06. The van der Waals surface area contributed by atoms with E-state index in [4.69, 9.17) is 16.7 Å². The van der Waals surface area contributed by atoms with Crippen LogP contribution in [0.15, 0.2) is 52.5 Å². The normalized spacial score (nSPS) is 10.2. The molecule has 0 aliphatic rings. The smallest absolute Gasteiger partial charge is 0.115 e. The largest absolute Gasteiger partial charge is 0.508 e. The Kier molecular flexibility index (Phi) is 3.14.